The Morgan fingerprint density at radius 3 is 2.78 bits per heavy atom. The largest absolute Gasteiger partial charge is 0.493 e. The maximum absolute atomic E-state index is 12.3. The van der Waals surface area contributed by atoms with E-state index in [2.05, 4.69) is 9.97 Å². The van der Waals surface area contributed by atoms with E-state index in [0.29, 0.717) is 39.1 Å². The summed E-state index contributed by atoms with van der Waals surface area (Å²) in [6.45, 7) is 2.61. The summed E-state index contributed by atoms with van der Waals surface area (Å²) in [5.41, 5.74) is 0.996. The lowest BCUT2D eigenvalue weighted by Gasteiger charge is -2.11. The Morgan fingerprint density at radius 1 is 1.22 bits per heavy atom. The van der Waals surface area contributed by atoms with Crippen molar-refractivity contribution in [3.8, 4) is 11.5 Å². The van der Waals surface area contributed by atoms with Crippen molar-refractivity contribution in [3.63, 3.8) is 0 Å². The molecule has 3 rings (SSSR count). The zero-order valence-electron chi connectivity index (χ0n) is 14.9. The van der Waals surface area contributed by atoms with Crippen LogP contribution in [0.15, 0.2) is 41.2 Å². The summed E-state index contributed by atoms with van der Waals surface area (Å²) < 4.78 is 11.0. The zero-order valence-corrected chi connectivity index (χ0v) is 16.4. The molecule has 0 radical (unpaired) electrons. The summed E-state index contributed by atoms with van der Waals surface area (Å²) in [5.74, 6) is 1.54. The predicted molar refractivity (Wildman–Crippen MR) is 110 cm³/mol. The minimum absolute atomic E-state index is 0.267. The molecule has 0 bridgehead atoms. The molecule has 0 aliphatic carbocycles. The molecule has 1 aromatic heterocycles. The topological polar surface area (TPSA) is 64.2 Å². The second-order valence-electron chi connectivity index (χ2n) is 5.83. The second-order valence-corrected chi connectivity index (χ2v) is 6.67. The highest BCUT2D eigenvalue weighted by atomic mass is 35.5. The van der Waals surface area contributed by atoms with Crippen molar-refractivity contribution in [1.82, 2.24) is 9.97 Å². The van der Waals surface area contributed by atoms with Crippen LogP contribution in [0.1, 0.15) is 24.7 Å². The van der Waals surface area contributed by atoms with E-state index in [1.807, 2.05) is 19.1 Å². The number of rotatable bonds is 6. The number of benzene rings is 2. The normalized spacial score (nSPS) is 11.6. The molecule has 0 unspecified atom stereocenters. The molecule has 0 spiro atoms. The van der Waals surface area contributed by atoms with E-state index >= 15 is 0 Å². The molecular weight excluding hydrogens is 387 g/mol. The van der Waals surface area contributed by atoms with Crippen LogP contribution in [0.4, 0.5) is 0 Å². The summed E-state index contributed by atoms with van der Waals surface area (Å²) in [6.07, 6.45) is 2.59. The van der Waals surface area contributed by atoms with Gasteiger partial charge in [0.25, 0.3) is 5.56 Å². The van der Waals surface area contributed by atoms with Crippen LogP contribution in [0, 0.1) is 0 Å². The molecule has 1 N–H and O–H groups in total. The van der Waals surface area contributed by atoms with E-state index in [0.717, 1.165) is 12.0 Å². The van der Waals surface area contributed by atoms with E-state index in [9.17, 15) is 4.79 Å². The molecular formula is C20H18Cl2N2O3. The molecule has 0 saturated heterocycles. The Labute approximate surface area is 166 Å². The molecule has 1 heterocycles. The fourth-order valence-corrected chi connectivity index (χ4v) is 2.93. The highest BCUT2D eigenvalue weighted by Crippen LogP contribution is 2.30. The number of nitrogens with one attached hydrogen (secondary N) is 1. The summed E-state index contributed by atoms with van der Waals surface area (Å²) >= 11 is 12.4. The van der Waals surface area contributed by atoms with Gasteiger partial charge in [0.1, 0.15) is 0 Å². The first kappa shape index (κ1) is 19.3. The van der Waals surface area contributed by atoms with Crippen LogP contribution in [0.5, 0.6) is 11.5 Å². The Bertz CT molecular complexity index is 1060. The van der Waals surface area contributed by atoms with Gasteiger partial charge < -0.3 is 14.5 Å². The molecule has 7 heteroatoms. The third kappa shape index (κ3) is 4.43. The summed E-state index contributed by atoms with van der Waals surface area (Å²) in [7, 11) is 1.59. The third-order valence-electron chi connectivity index (χ3n) is 3.84. The van der Waals surface area contributed by atoms with Gasteiger partial charge in [-0.15, -0.1) is 0 Å². The number of fused-ring (bicyclic) bond motifs is 1. The molecule has 2 aromatic carbocycles. The fourth-order valence-electron chi connectivity index (χ4n) is 2.55. The Balaban J connectivity index is 2.00. The summed E-state index contributed by atoms with van der Waals surface area (Å²) in [6, 6.07) is 10.4. The van der Waals surface area contributed by atoms with Gasteiger partial charge in [-0.2, -0.15) is 0 Å². The number of hydrogen-bond donors (Lipinski definition) is 1. The number of ether oxygens (including phenoxy) is 2. The molecule has 140 valence electrons. The van der Waals surface area contributed by atoms with Gasteiger partial charge in [-0.25, -0.2) is 4.98 Å². The van der Waals surface area contributed by atoms with Crippen molar-refractivity contribution in [2.75, 3.05) is 13.7 Å². The molecule has 0 amide bonds. The average Bonchev–Trinajstić information content (AvgIpc) is 2.66. The minimum Gasteiger partial charge on any atom is -0.493 e. The molecule has 0 saturated carbocycles. The van der Waals surface area contributed by atoms with Crippen LogP contribution in [0.3, 0.4) is 0 Å². The quantitative estimate of drug-likeness (QED) is 0.619. The second kappa shape index (κ2) is 8.46. The first-order valence-corrected chi connectivity index (χ1v) is 9.15. The highest BCUT2D eigenvalue weighted by molar-refractivity contribution is 6.50. The maximum Gasteiger partial charge on any atom is 0.259 e. The van der Waals surface area contributed by atoms with Crippen molar-refractivity contribution in [1.29, 1.82) is 0 Å². The van der Waals surface area contributed by atoms with Crippen LogP contribution in [-0.4, -0.2) is 23.7 Å². The molecule has 3 aromatic rings. The molecule has 0 aliphatic heterocycles. The van der Waals surface area contributed by atoms with Gasteiger partial charge in [0.2, 0.25) is 0 Å². The van der Waals surface area contributed by atoms with Crippen molar-refractivity contribution in [2.24, 2.45) is 0 Å². The lowest BCUT2D eigenvalue weighted by molar-refractivity contribution is 0.294. The number of halogens is 2. The van der Waals surface area contributed by atoms with Gasteiger partial charge in [-0.05, 0) is 48.4 Å². The SMILES string of the molecule is CCCOc1cc(/C=C(\Cl)c2nc3cc(Cl)ccc3c(=O)[nH]2)ccc1OC. The third-order valence-corrected chi connectivity index (χ3v) is 4.36. The van der Waals surface area contributed by atoms with Crippen molar-refractivity contribution >= 4 is 45.2 Å². The molecule has 5 nitrogen and oxygen atoms in total. The zero-order chi connectivity index (χ0) is 19.4. The van der Waals surface area contributed by atoms with E-state index in [1.165, 1.54) is 0 Å². The van der Waals surface area contributed by atoms with Gasteiger partial charge in [0.15, 0.2) is 17.3 Å². The summed E-state index contributed by atoms with van der Waals surface area (Å²) in [5, 5.41) is 1.24. The predicted octanol–water partition coefficient (Wildman–Crippen LogP) is 5.11. The molecule has 27 heavy (non-hydrogen) atoms. The fraction of sp³-hybridized carbons (Fsp3) is 0.200. The number of methoxy groups -OCH3 is 1. The first-order chi connectivity index (χ1) is 13.0. The van der Waals surface area contributed by atoms with E-state index in [-0.39, 0.29) is 11.4 Å². The van der Waals surface area contributed by atoms with Crippen molar-refractivity contribution < 1.29 is 9.47 Å². The highest BCUT2D eigenvalue weighted by Gasteiger charge is 2.09. The number of nitrogens with zero attached hydrogens (tertiary/aromatic N) is 1. The van der Waals surface area contributed by atoms with Gasteiger partial charge in [0.05, 0.1) is 29.7 Å². The smallest absolute Gasteiger partial charge is 0.259 e. The summed E-state index contributed by atoms with van der Waals surface area (Å²) in [4.78, 5) is 19.4. The lowest BCUT2D eigenvalue weighted by Crippen LogP contribution is -2.10. The van der Waals surface area contributed by atoms with Crippen LogP contribution in [0.2, 0.25) is 5.02 Å². The van der Waals surface area contributed by atoms with E-state index in [1.54, 1.807) is 37.5 Å². The monoisotopic (exact) mass is 404 g/mol. The van der Waals surface area contributed by atoms with Gasteiger partial charge in [0, 0.05) is 5.02 Å². The minimum atomic E-state index is -0.278. The Kier molecular flexibility index (Phi) is 6.04. The molecule has 0 atom stereocenters. The van der Waals surface area contributed by atoms with E-state index in [4.69, 9.17) is 32.7 Å². The Hall–Kier alpha value is -2.50. The standard InChI is InChI=1S/C20H18Cl2N2O3/c1-3-8-27-18-10-12(4-7-17(18)26-2)9-15(22)19-23-16-11-13(21)5-6-14(16)20(25)24-19/h4-7,9-11H,3,8H2,1-2H3,(H,23,24,25)/b15-9-. The van der Waals surface area contributed by atoms with Crippen LogP contribution >= 0.6 is 23.2 Å². The van der Waals surface area contributed by atoms with Crippen LogP contribution in [-0.2, 0) is 0 Å². The van der Waals surface area contributed by atoms with Crippen molar-refractivity contribution in [3.05, 3.63) is 63.2 Å². The van der Waals surface area contributed by atoms with Crippen LogP contribution in [0.25, 0.3) is 22.0 Å². The average molecular weight is 405 g/mol. The van der Waals surface area contributed by atoms with Gasteiger partial charge in [-0.3, -0.25) is 4.79 Å². The number of aromatic amines is 1. The number of hydrogen-bond acceptors (Lipinski definition) is 4. The van der Waals surface area contributed by atoms with E-state index < -0.39 is 0 Å². The van der Waals surface area contributed by atoms with Crippen LogP contribution < -0.4 is 15.0 Å². The maximum atomic E-state index is 12.3. The molecule has 0 fully saturated rings. The van der Waals surface area contributed by atoms with Gasteiger partial charge >= 0.3 is 0 Å². The Morgan fingerprint density at radius 2 is 2.04 bits per heavy atom. The number of aromatic nitrogens is 2. The number of H-pyrrole nitrogens is 1. The van der Waals surface area contributed by atoms with Gasteiger partial charge in [-0.1, -0.05) is 36.2 Å². The lowest BCUT2D eigenvalue weighted by atomic mass is 10.2. The molecule has 0 aliphatic rings. The first-order valence-electron chi connectivity index (χ1n) is 8.39. The van der Waals surface area contributed by atoms with Crippen molar-refractivity contribution in [2.45, 2.75) is 13.3 Å².